The molecule has 9 N–H and O–H groups in total. The van der Waals surface area contributed by atoms with Gasteiger partial charge >= 0.3 is 5.97 Å². The molecule has 37 heavy (non-hydrogen) atoms. The fourth-order valence-electron chi connectivity index (χ4n) is 3.37. The second-order valence-corrected chi connectivity index (χ2v) is 8.72. The van der Waals surface area contributed by atoms with Crippen LogP contribution in [0, 0.1) is 0 Å². The van der Waals surface area contributed by atoms with Gasteiger partial charge in [0.25, 0.3) is 0 Å². The maximum absolute atomic E-state index is 13.1. The molecule has 3 amide bonds. The largest absolute Gasteiger partial charge is 0.508 e. The molecule has 5 atom stereocenters. The van der Waals surface area contributed by atoms with Crippen LogP contribution < -0.4 is 21.7 Å². The molecule has 0 aromatic heterocycles. The van der Waals surface area contributed by atoms with Gasteiger partial charge in [0.05, 0.1) is 12.1 Å². The monoisotopic (exact) mass is 516 g/mol. The van der Waals surface area contributed by atoms with Gasteiger partial charge in [0.1, 0.15) is 29.6 Å². The van der Waals surface area contributed by atoms with E-state index in [1.165, 1.54) is 50.2 Å². The number of benzene rings is 2. The number of carboxylic acid groups (broad SMARTS) is 1. The zero-order valence-corrected chi connectivity index (χ0v) is 20.4. The van der Waals surface area contributed by atoms with Crippen molar-refractivity contribution in [3.63, 3.8) is 0 Å². The standard InChI is InChI=1S/C25H32N4O8/c1-13(26)22(33)27-19(11-15-3-7-17(31)8-4-15)23(34)29-21(14(2)30)24(35)28-20(25(36)37)12-16-5-9-18(32)10-6-16/h3-10,13-14,19-21,30-32H,11-12,26H2,1-2H3,(H,27,33)(H,28,35)(H,29,34)(H,36,37). The number of carbonyl (C=O) groups excluding carboxylic acids is 3. The van der Waals surface area contributed by atoms with Crippen LogP contribution in [0.3, 0.4) is 0 Å². The lowest BCUT2D eigenvalue weighted by Crippen LogP contribution is -2.60. The number of phenols is 2. The van der Waals surface area contributed by atoms with Crippen LogP contribution in [0.4, 0.5) is 0 Å². The predicted octanol–water partition coefficient (Wildman–Crippen LogP) is -0.850. The Labute approximate surface area is 213 Å². The average molecular weight is 517 g/mol. The Morgan fingerprint density at radius 2 is 1.16 bits per heavy atom. The van der Waals surface area contributed by atoms with Gasteiger partial charge in [0.2, 0.25) is 17.7 Å². The number of hydrogen-bond donors (Lipinski definition) is 8. The van der Waals surface area contributed by atoms with Crippen LogP contribution in [-0.2, 0) is 32.0 Å². The van der Waals surface area contributed by atoms with E-state index in [2.05, 4.69) is 16.0 Å². The van der Waals surface area contributed by atoms with Crippen LogP contribution in [-0.4, -0.2) is 74.4 Å². The summed E-state index contributed by atoms with van der Waals surface area (Å²) in [7, 11) is 0. The van der Waals surface area contributed by atoms with E-state index in [4.69, 9.17) is 5.73 Å². The van der Waals surface area contributed by atoms with Gasteiger partial charge in [0.15, 0.2) is 0 Å². The SMILES string of the molecule is CC(N)C(=O)NC(Cc1ccc(O)cc1)C(=O)NC(C(=O)NC(Cc1ccc(O)cc1)C(=O)O)C(C)O. The second-order valence-electron chi connectivity index (χ2n) is 8.72. The zero-order chi connectivity index (χ0) is 27.7. The van der Waals surface area contributed by atoms with Crippen LogP contribution in [0.2, 0.25) is 0 Å². The number of aliphatic hydroxyl groups is 1. The number of rotatable bonds is 12. The maximum Gasteiger partial charge on any atom is 0.326 e. The third kappa shape index (κ3) is 9.09. The highest BCUT2D eigenvalue weighted by Crippen LogP contribution is 2.13. The molecule has 0 aliphatic rings. The smallest absolute Gasteiger partial charge is 0.326 e. The Hall–Kier alpha value is -4.16. The van der Waals surface area contributed by atoms with Gasteiger partial charge in [-0.05, 0) is 49.2 Å². The molecule has 12 heteroatoms. The summed E-state index contributed by atoms with van der Waals surface area (Å²) >= 11 is 0. The molecule has 2 rings (SSSR count). The van der Waals surface area contributed by atoms with Crippen molar-refractivity contribution in [2.24, 2.45) is 5.73 Å². The molecule has 0 spiro atoms. The van der Waals surface area contributed by atoms with E-state index in [1.54, 1.807) is 12.1 Å². The summed E-state index contributed by atoms with van der Waals surface area (Å²) in [4.78, 5) is 49.9. The lowest BCUT2D eigenvalue weighted by Gasteiger charge is -2.26. The van der Waals surface area contributed by atoms with E-state index in [-0.39, 0.29) is 24.3 Å². The number of amides is 3. The fourth-order valence-corrected chi connectivity index (χ4v) is 3.37. The van der Waals surface area contributed by atoms with Crippen molar-refractivity contribution in [2.45, 2.75) is 57.0 Å². The third-order valence-corrected chi connectivity index (χ3v) is 5.48. The van der Waals surface area contributed by atoms with E-state index in [0.29, 0.717) is 11.1 Å². The molecule has 0 heterocycles. The average Bonchev–Trinajstić information content (AvgIpc) is 2.83. The van der Waals surface area contributed by atoms with Crippen LogP contribution >= 0.6 is 0 Å². The number of aromatic hydroxyl groups is 2. The normalized spacial score (nSPS) is 14.9. The Morgan fingerprint density at radius 3 is 1.57 bits per heavy atom. The molecule has 0 bridgehead atoms. The number of nitrogens with one attached hydrogen (secondary N) is 3. The Balaban J connectivity index is 2.18. The highest BCUT2D eigenvalue weighted by atomic mass is 16.4. The molecule has 12 nitrogen and oxygen atoms in total. The molecule has 0 fully saturated rings. The van der Waals surface area contributed by atoms with Crippen molar-refractivity contribution in [1.29, 1.82) is 0 Å². The molecule has 0 saturated carbocycles. The zero-order valence-electron chi connectivity index (χ0n) is 20.4. The minimum atomic E-state index is -1.54. The van der Waals surface area contributed by atoms with E-state index in [0.717, 1.165) is 0 Å². The molecule has 0 aliphatic heterocycles. The highest BCUT2D eigenvalue weighted by molar-refractivity contribution is 5.94. The van der Waals surface area contributed by atoms with E-state index in [9.17, 15) is 39.6 Å². The summed E-state index contributed by atoms with van der Waals surface area (Å²) in [6.07, 6.45) is -1.54. The Bertz CT molecular complexity index is 1090. The first-order valence-corrected chi connectivity index (χ1v) is 11.5. The molecule has 200 valence electrons. The first-order chi connectivity index (χ1) is 17.4. The first kappa shape index (κ1) is 29.1. The highest BCUT2D eigenvalue weighted by Gasteiger charge is 2.32. The van der Waals surface area contributed by atoms with Gasteiger partial charge in [0, 0.05) is 12.8 Å². The second kappa shape index (κ2) is 13.2. The number of hydrogen-bond acceptors (Lipinski definition) is 8. The maximum atomic E-state index is 13.1. The molecule has 0 aliphatic carbocycles. The van der Waals surface area contributed by atoms with Gasteiger partial charge < -0.3 is 42.1 Å². The molecular weight excluding hydrogens is 484 g/mol. The topological polar surface area (TPSA) is 211 Å². The predicted molar refractivity (Wildman–Crippen MR) is 132 cm³/mol. The summed E-state index contributed by atoms with van der Waals surface area (Å²) < 4.78 is 0. The number of phenolic OH excluding ortho intramolecular Hbond substituents is 2. The number of carbonyl (C=O) groups is 4. The molecular formula is C25H32N4O8. The molecule has 2 aromatic rings. The fraction of sp³-hybridized carbons (Fsp3) is 0.360. The van der Waals surface area contributed by atoms with Crippen molar-refractivity contribution in [2.75, 3.05) is 0 Å². The van der Waals surface area contributed by atoms with Gasteiger partial charge in [-0.1, -0.05) is 24.3 Å². The van der Waals surface area contributed by atoms with E-state index < -0.39 is 54.0 Å². The van der Waals surface area contributed by atoms with Crippen LogP contribution in [0.25, 0.3) is 0 Å². The van der Waals surface area contributed by atoms with Crippen molar-refractivity contribution in [3.8, 4) is 11.5 Å². The van der Waals surface area contributed by atoms with Crippen LogP contribution in [0.5, 0.6) is 11.5 Å². The quantitative estimate of drug-likeness (QED) is 0.176. The molecule has 5 unspecified atom stereocenters. The Kier molecular flexibility index (Phi) is 10.4. The van der Waals surface area contributed by atoms with Crippen LogP contribution in [0.15, 0.2) is 48.5 Å². The first-order valence-electron chi connectivity index (χ1n) is 11.5. The van der Waals surface area contributed by atoms with Gasteiger partial charge in [-0.3, -0.25) is 14.4 Å². The Morgan fingerprint density at radius 1 is 0.730 bits per heavy atom. The summed E-state index contributed by atoms with van der Waals surface area (Å²) in [5.74, 6) is -3.72. The third-order valence-electron chi connectivity index (χ3n) is 5.48. The van der Waals surface area contributed by atoms with Crippen LogP contribution in [0.1, 0.15) is 25.0 Å². The minimum absolute atomic E-state index is 0.00507. The summed E-state index contributed by atoms with van der Waals surface area (Å²) in [6.45, 7) is 2.67. The molecule has 0 saturated heterocycles. The van der Waals surface area contributed by atoms with Crippen molar-refractivity contribution >= 4 is 23.7 Å². The minimum Gasteiger partial charge on any atom is -0.508 e. The van der Waals surface area contributed by atoms with Gasteiger partial charge in [-0.2, -0.15) is 0 Å². The van der Waals surface area contributed by atoms with E-state index in [1.807, 2.05) is 0 Å². The summed E-state index contributed by atoms with van der Waals surface area (Å²) in [6, 6.07) is 6.62. The summed E-state index contributed by atoms with van der Waals surface area (Å²) in [5.41, 5.74) is 6.71. The number of carboxylic acids is 1. The lowest BCUT2D eigenvalue weighted by atomic mass is 10.0. The number of aliphatic hydroxyl groups excluding tert-OH is 1. The number of nitrogens with two attached hydrogens (primary N) is 1. The van der Waals surface area contributed by atoms with Gasteiger partial charge in [-0.15, -0.1) is 0 Å². The van der Waals surface area contributed by atoms with Gasteiger partial charge in [-0.25, -0.2) is 4.79 Å². The van der Waals surface area contributed by atoms with Crippen molar-refractivity contribution in [1.82, 2.24) is 16.0 Å². The molecule has 0 radical (unpaired) electrons. The lowest BCUT2D eigenvalue weighted by molar-refractivity contribution is -0.143. The number of aliphatic carboxylic acids is 1. The molecule has 2 aromatic carbocycles. The van der Waals surface area contributed by atoms with E-state index >= 15 is 0 Å². The van der Waals surface area contributed by atoms with Crippen molar-refractivity contribution in [3.05, 3.63) is 59.7 Å². The summed E-state index contributed by atoms with van der Waals surface area (Å²) in [5, 5.41) is 45.8. The van der Waals surface area contributed by atoms with Crippen molar-refractivity contribution < 1.29 is 39.6 Å².